The molecule has 1 N–H and O–H groups in total. The fourth-order valence-corrected chi connectivity index (χ4v) is 5.13. The number of nitrogens with zero attached hydrogens (tertiary/aromatic N) is 2. The quantitative estimate of drug-likeness (QED) is 0.448. The Kier molecular flexibility index (Phi) is 5.00. The van der Waals surface area contributed by atoms with Gasteiger partial charge in [0, 0.05) is 47.2 Å². The summed E-state index contributed by atoms with van der Waals surface area (Å²) < 4.78 is 4.84. The van der Waals surface area contributed by atoms with Crippen LogP contribution in [0.1, 0.15) is 31.3 Å². The molecule has 0 saturated heterocycles. The molecule has 8 heteroatoms. The summed E-state index contributed by atoms with van der Waals surface area (Å²) in [5, 5.41) is 2.27. The largest absolute Gasteiger partial charge is 0.465 e. The zero-order valence-electron chi connectivity index (χ0n) is 16.6. The molecule has 0 radical (unpaired) electrons. The average Bonchev–Trinajstić information content (AvgIpc) is 3.42. The van der Waals surface area contributed by atoms with Crippen LogP contribution in [0.25, 0.3) is 21.5 Å². The Hall–Kier alpha value is -3.16. The van der Waals surface area contributed by atoms with Gasteiger partial charge in [0.2, 0.25) is 0 Å². The van der Waals surface area contributed by atoms with Gasteiger partial charge in [-0.05, 0) is 24.3 Å². The zero-order chi connectivity index (χ0) is 21.5. The maximum atomic E-state index is 13.2. The second kappa shape index (κ2) is 7.83. The molecule has 0 aliphatic carbocycles. The molecule has 1 amide bonds. The maximum absolute atomic E-state index is 13.2. The highest BCUT2D eigenvalue weighted by atomic mass is 35.5. The van der Waals surface area contributed by atoms with Gasteiger partial charge in [0.25, 0.3) is 5.91 Å². The molecule has 5 rings (SSSR count). The monoisotopic (exact) mass is 451 g/mol. The predicted molar refractivity (Wildman–Crippen MR) is 121 cm³/mol. The number of H-pyrrole nitrogens is 1. The Morgan fingerprint density at radius 3 is 2.87 bits per heavy atom. The zero-order valence-corrected chi connectivity index (χ0v) is 18.2. The number of aromatic nitrogens is 2. The minimum Gasteiger partial charge on any atom is -0.465 e. The number of carbonyl (C=O) groups excluding carboxylic acids is 2. The molecule has 2 aromatic heterocycles. The molecule has 31 heavy (non-hydrogen) atoms. The smallest absolute Gasteiger partial charge is 0.337 e. The standard InChI is InChI=1S/C23H18ClN3O3S/c1-30-23(29)13-6-7-18-15(10-13)16-12-27(9-8-19(16)26-18)22(28)20-11-25-21(31-20)14-4-2-3-5-17(14)24/h2-7,10-11,26H,8-9,12H2,1H3. The Balaban J connectivity index is 1.43. The highest BCUT2D eigenvalue weighted by molar-refractivity contribution is 7.17. The van der Waals surface area contributed by atoms with E-state index >= 15 is 0 Å². The number of fused-ring (bicyclic) bond motifs is 3. The molecule has 0 unspecified atom stereocenters. The van der Waals surface area contributed by atoms with Crippen LogP contribution in [0, 0.1) is 0 Å². The summed E-state index contributed by atoms with van der Waals surface area (Å²) in [5.74, 6) is -0.433. The Bertz CT molecular complexity index is 1330. The van der Waals surface area contributed by atoms with Gasteiger partial charge in [-0.3, -0.25) is 4.79 Å². The van der Waals surface area contributed by atoms with Crippen molar-refractivity contribution in [3.8, 4) is 10.6 Å². The second-order valence-electron chi connectivity index (χ2n) is 7.32. The van der Waals surface area contributed by atoms with Crippen molar-refractivity contribution in [1.29, 1.82) is 0 Å². The Labute approximate surface area is 187 Å². The van der Waals surface area contributed by atoms with Crippen LogP contribution < -0.4 is 0 Å². The minimum absolute atomic E-state index is 0.0556. The van der Waals surface area contributed by atoms with E-state index in [0.29, 0.717) is 28.6 Å². The molecule has 0 spiro atoms. The van der Waals surface area contributed by atoms with E-state index in [1.165, 1.54) is 18.4 Å². The summed E-state index contributed by atoms with van der Waals surface area (Å²) in [6.45, 7) is 1.08. The number of thiazole rings is 1. The van der Waals surface area contributed by atoms with Crippen molar-refractivity contribution in [2.75, 3.05) is 13.7 Å². The van der Waals surface area contributed by atoms with Crippen molar-refractivity contribution in [1.82, 2.24) is 14.9 Å². The van der Waals surface area contributed by atoms with Crippen molar-refractivity contribution in [3.05, 3.63) is 75.4 Å². The van der Waals surface area contributed by atoms with E-state index in [1.54, 1.807) is 12.3 Å². The van der Waals surface area contributed by atoms with Gasteiger partial charge in [-0.25, -0.2) is 9.78 Å². The summed E-state index contributed by atoms with van der Waals surface area (Å²) in [5.41, 5.74) is 4.40. The maximum Gasteiger partial charge on any atom is 0.337 e. The first kappa shape index (κ1) is 19.8. The van der Waals surface area contributed by atoms with Gasteiger partial charge in [0.15, 0.2) is 0 Å². The number of benzene rings is 2. The molecule has 1 aliphatic rings. The Morgan fingerprint density at radius 2 is 2.06 bits per heavy atom. The number of esters is 1. The third-order valence-electron chi connectivity index (χ3n) is 5.50. The van der Waals surface area contributed by atoms with Crippen molar-refractivity contribution in [2.24, 2.45) is 0 Å². The third-order valence-corrected chi connectivity index (χ3v) is 6.85. The predicted octanol–water partition coefficient (Wildman–Crippen LogP) is 4.93. The van der Waals surface area contributed by atoms with Crippen LogP contribution >= 0.6 is 22.9 Å². The van der Waals surface area contributed by atoms with Crippen LogP contribution in [0.3, 0.4) is 0 Å². The van der Waals surface area contributed by atoms with E-state index in [-0.39, 0.29) is 11.9 Å². The van der Waals surface area contributed by atoms with Gasteiger partial charge in [-0.15, -0.1) is 11.3 Å². The van der Waals surface area contributed by atoms with Gasteiger partial charge in [-0.2, -0.15) is 0 Å². The summed E-state index contributed by atoms with van der Waals surface area (Å²) in [4.78, 5) is 35.4. The Morgan fingerprint density at radius 1 is 1.23 bits per heavy atom. The topological polar surface area (TPSA) is 75.3 Å². The number of hydrogen-bond donors (Lipinski definition) is 1. The van der Waals surface area contributed by atoms with Gasteiger partial charge < -0.3 is 14.6 Å². The third kappa shape index (κ3) is 3.49. The molecule has 0 fully saturated rings. The normalized spacial score (nSPS) is 13.3. The summed E-state index contributed by atoms with van der Waals surface area (Å²) in [6.07, 6.45) is 2.34. The number of methoxy groups -OCH3 is 1. The molecule has 156 valence electrons. The highest BCUT2D eigenvalue weighted by Crippen LogP contribution is 2.33. The number of amides is 1. The SMILES string of the molecule is COC(=O)c1ccc2[nH]c3c(c2c1)CN(C(=O)c1cnc(-c2ccccc2Cl)s1)CC3. The fourth-order valence-electron chi connectivity index (χ4n) is 3.92. The van der Waals surface area contributed by atoms with E-state index in [4.69, 9.17) is 16.3 Å². The molecule has 0 atom stereocenters. The molecule has 0 bridgehead atoms. The molecule has 4 aromatic rings. The number of ether oxygens (including phenoxy) is 1. The highest BCUT2D eigenvalue weighted by Gasteiger charge is 2.26. The first-order chi connectivity index (χ1) is 15.0. The molecular weight excluding hydrogens is 434 g/mol. The lowest BCUT2D eigenvalue weighted by atomic mass is 10.0. The van der Waals surface area contributed by atoms with E-state index in [1.807, 2.05) is 41.3 Å². The van der Waals surface area contributed by atoms with Crippen molar-refractivity contribution < 1.29 is 14.3 Å². The molecule has 3 heterocycles. The summed E-state index contributed by atoms with van der Waals surface area (Å²) in [6, 6.07) is 12.9. The number of rotatable bonds is 3. The van der Waals surface area contributed by atoms with Gasteiger partial charge in [0.05, 0.1) is 23.9 Å². The number of carbonyl (C=O) groups is 2. The number of aromatic amines is 1. The lowest BCUT2D eigenvalue weighted by molar-refractivity contribution is 0.0600. The molecule has 6 nitrogen and oxygen atoms in total. The van der Waals surface area contributed by atoms with Crippen LogP contribution in [0.5, 0.6) is 0 Å². The van der Waals surface area contributed by atoms with Crippen LogP contribution in [-0.4, -0.2) is 40.4 Å². The van der Waals surface area contributed by atoms with E-state index < -0.39 is 0 Å². The average molecular weight is 452 g/mol. The number of hydrogen-bond acceptors (Lipinski definition) is 5. The number of halogens is 1. The van der Waals surface area contributed by atoms with Gasteiger partial charge in [-0.1, -0.05) is 29.8 Å². The van der Waals surface area contributed by atoms with Crippen LogP contribution in [0.2, 0.25) is 5.02 Å². The minimum atomic E-state index is -0.377. The number of nitrogens with one attached hydrogen (secondary N) is 1. The first-order valence-electron chi connectivity index (χ1n) is 9.77. The van der Waals surface area contributed by atoms with Crippen molar-refractivity contribution >= 4 is 45.7 Å². The van der Waals surface area contributed by atoms with Gasteiger partial charge in [0.1, 0.15) is 9.88 Å². The molecule has 1 aliphatic heterocycles. The fraction of sp³-hybridized carbons (Fsp3) is 0.174. The molecule has 2 aromatic carbocycles. The van der Waals surface area contributed by atoms with Crippen LogP contribution in [0.15, 0.2) is 48.7 Å². The van der Waals surface area contributed by atoms with Crippen molar-refractivity contribution in [2.45, 2.75) is 13.0 Å². The first-order valence-corrected chi connectivity index (χ1v) is 11.0. The van der Waals surface area contributed by atoms with Crippen LogP contribution in [-0.2, 0) is 17.7 Å². The van der Waals surface area contributed by atoms with E-state index in [2.05, 4.69) is 9.97 Å². The van der Waals surface area contributed by atoms with E-state index in [0.717, 1.165) is 39.2 Å². The lowest BCUT2D eigenvalue weighted by Gasteiger charge is -2.26. The molecule has 0 saturated carbocycles. The summed E-state index contributed by atoms with van der Waals surface area (Å²) >= 11 is 7.62. The lowest BCUT2D eigenvalue weighted by Crippen LogP contribution is -2.35. The van der Waals surface area contributed by atoms with Crippen LogP contribution in [0.4, 0.5) is 0 Å². The van der Waals surface area contributed by atoms with Gasteiger partial charge >= 0.3 is 5.97 Å². The van der Waals surface area contributed by atoms with Crippen molar-refractivity contribution in [3.63, 3.8) is 0 Å². The van der Waals surface area contributed by atoms with E-state index in [9.17, 15) is 9.59 Å². The molecular formula is C23H18ClN3O3S. The second-order valence-corrected chi connectivity index (χ2v) is 8.76. The summed E-state index contributed by atoms with van der Waals surface area (Å²) in [7, 11) is 1.37.